The smallest absolute Gasteiger partial charge is 0.337 e. The van der Waals surface area contributed by atoms with Gasteiger partial charge in [-0.3, -0.25) is 9.36 Å². The van der Waals surface area contributed by atoms with Crippen LogP contribution in [0.5, 0.6) is 0 Å². The van der Waals surface area contributed by atoms with Crippen LogP contribution in [0.4, 0.5) is 0 Å². The van der Waals surface area contributed by atoms with Crippen LogP contribution in [-0.4, -0.2) is 20.6 Å². The van der Waals surface area contributed by atoms with E-state index in [-0.39, 0.29) is 16.5 Å². The number of hydrogen-bond donors (Lipinski definition) is 1. The Kier molecular flexibility index (Phi) is 2.51. The standard InChI is InChI=1S/C10H10N2O3S/c1-3-12-4-11-8-7(9(12)13)6(10(14)15)5(2)16-8/h4H,3H2,1-2H3,(H,14,15). The van der Waals surface area contributed by atoms with Crippen LogP contribution in [0.1, 0.15) is 22.2 Å². The molecule has 0 unspecified atom stereocenters. The molecule has 0 saturated heterocycles. The average Bonchev–Trinajstić information content (AvgIpc) is 2.56. The number of nitrogens with zero attached hydrogens (tertiary/aromatic N) is 2. The van der Waals surface area contributed by atoms with E-state index in [9.17, 15) is 9.59 Å². The van der Waals surface area contributed by atoms with E-state index in [1.54, 1.807) is 6.92 Å². The van der Waals surface area contributed by atoms with Gasteiger partial charge in [0.25, 0.3) is 5.56 Å². The number of rotatable bonds is 2. The largest absolute Gasteiger partial charge is 0.478 e. The molecule has 0 aliphatic heterocycles. The summed E-state index contributed by atoms with van der Waals surface area (Å²) in [7, 11) is 0. The lowest BCUT2D eigenvalue weighted by atomic mass is 10.2. The van der Waals surface area contributed by atoms with Gasteiger partial charge in [0.2, 0.25) is 0 Å². The van der Waals surface area contributed by atoms with E-state index in [0.717, 1.165) is 0 Å². The van der Waals surface area contributed by atoms with Gasteiger partial charge in [-0.05, 0) is 13.8 Å². The minimum atomic E-state index is -1.07. The monoisotopic (exact) mass is 238 g/mol. The Morgan fingerprint density at radius 1 is 1.62 bits per heavy atom. The van der Waals surface area contributed by atoms with E-state index in [2.05, 4.69) is 4.98 Å². The second-order valence-corrected chi connectivity index (χ2v) is 4.56. The van der Waals surface area contributed by atoms with Crippen molar-refractivity contribution >= 4 is 27.5 Å². The van der Waals surface area contributed by atoms with Gasteiger partial charge in [-0.15, -0.1) is 11.3 Å². The summed E-state index contributed by atoms with van der Waals surface area (Å²) >= 11 is 1.24. The van der Waals surface area contributed by atoms with Gasteiger partial charge in [0, 0.05) is 11.4 Å². The molecule has 0 radical (unpaired) electrons. The van der Waals surface area contributed by atoms with Crippen LogP contribution >= 0.6 is 11.3 Å². The maximum absolute atomic E-state index is 12.0. The Morgan fingerprint density at radius 2 is 2.31 bits per heavy atom. The third-order valence-electron chi connectivity index (χ3n) is 2.41. The number of thiophene rings is 1. The van der Waals surface area contributed by atoms with Crippen LogP contribution in [-0.2, 0) is 6.54 Å². The Balaban J connectivity index is 2.95. The molecule has 0 saturated carbocycles. The predicted molar refractivity (Wildman–Crippen MR) is 61.3 cm³/mol. The van der Waals surface area contributed by atoms with Crippen molar-refractivity contribution in [1.82, 2.24) is 9.55 Å². The molecule has 0 atom stereocenters. The van der Waals surface area contributed by atoms with Gasteiger partial charge in [0.05, 0.1) is 17.3 Å². The molecule has 2 aromatic heterocycles. The zero-order valence-electron chi connectivity index (χ0n) is 8.85. The molecule has 0 aliphatic rings. The lowest BCUT2D eigenvalue weighted by Crippen LogP contribution is -2.20. The van der Waals surface area contributed by atoms with Crippen LogP contribution in [0.3, 0.4) is 0 Å². The van der Waals surface area contributed by atoms with E-state index in [0.29, 0.717) is 16.3 Å². The molecule has 6 heteroatoms. The lowest BCUT2D eigenvalue weighted by molar-refractivity contribution is 0.0698. The summed E-state index contributed by atoms with van der Waals surface area (Å²) in [6, 6.07) is 0. The highest BCUT2D eigenvalue weighted by Gasteiger charge is 2.19. The topological polar surface area (TPSA) is 72.2 Å². The van der Waals surface area contributed by atoms with Gasteiger partial charge in [0.1, 0.15) is 4.83 Å². The highest BCUT2D eigenvalue weighted by atomic mass is 32.1. The molecule has 0 amide bonds. The first-order valence-corrected chi connectivity index (χ1v) is 5.59. The van der Waals surface area contributed by atoms with Crippen molar-refractivity contribution < 1.29 is 9.90 Å². The molecule has 0 fully saturated rings. The van der Waals surface area contributed by atoms with Gasteiger partial charge in [0.15, 0.2) is 0 Å². The van der Waals surface area contributed by atoms with Crippen molar-refractivity contribution in [2.45, 2.75) is 20.4 Å². The van der Waals surface area contributed by atoms with Gasteiger partial charge < -0.3 is 5.11 Å². The normalized spacial score (nSPS) is 10.9. The average molecular weight is 238 g/mol. The van der Waals surface area contributed by atoms with Gasteiger partial charge >= 0.3 is 5.97 Å². The van der Waals surface area contributed by atoms with Crippen LogP contribution in [0.25, 0.3) is 10.2 Å². The number of fused-ring (bicyclic) bond motifs is 1. The molecule has 84 valence electrons. The van der Waals surface area contributed by atoms with E-state index in [1.165, 1.54) is 22.2 Å². The summed E-state index contributed by atoms with van der Waals surface area (Å²) in [6.45, 7) is 3.98. The van der Waals surface area contributed by atoms with Crippen LogP contribution in [0.15, 0.2) is 11.1 Å². The zero-order valence-corrected chi connectivity index (χ0v) is 9.67. The Morgan fingerprint density at radius 3 is 2.88 bits per heavy atom. The number of carbonyl (C=O) groups is 1. The lowest BCUT2D eigenvalue weighted by Gasteiger charge is -2.00. The minimum absolute atomic E-state index is 0.0836. The molecule has 0 aromatic carbocycles. The molecule has 2 aromatic rings. The first kappa shape index (κ1) is 10.8. The van der Waals surface area contributed by atoms with Crippen LogP contribution < -0.4 is 5.56 Å². The zero-order chi connectivity index (χ0) is 11.9. The molecular formula is C10H10N2O3S. The Hall–Kier alpha value is -1.69. The fraction of sp³-hybridized carbons (Fsp3) is 0.300. The number of hydrogen-bond acceptors (Lipinski definition) is 4. The van der Waals surface area contributed by atoms with Gasteiger partial charge in [-0.1, -0.05) is 0 Å². The molecule has 2 rings (SSSR count). The molecule has 0 bridgehead atoms. The summed E-state index contributed by atoms with van der Waals surface area (Å²) in [4.78, 5) is 28.2. The molecular weight excluding hydrogens is 228 g/mol. The van der Waals surface area contributed by atoms with Gasteiger partial charge in [-0.25, -0.2) is 9.78 Å². The van der Waals surface area contributed by atoms with Crippen molar-refractivity contribution in [2.24, 2.45) is 0 Å². The number of carboxylic acid groups (broad SMARTS) is 1. The fourth-order valence-electron chi connectivity index (χ4n) is 1.62. The summed E-state index contributed by atoms with van der Waals surface area (Å²) in [5.74, 6) is -1.07. The van der Waals surface area contributed by atoms with E-state index in [1.807, 2.05) is 6.92 Å². The number of carboxylic acids is 1. The second kappa shape index (κ2) is 3.71. The summed E-state index contributed by atoms with van der Waals surface area (Å²) in [5, 5.41) is 9.29. The fourth-order valence-corrected chi connectivity index (χ4v) is 2.59. The Bertz CT molecular complexity index is 627. The van der Waals surface area contributed by atoms with Crippen molar-refractivity contribution in [3.05, 3.63) is 27.1 Å². The summed E-state index contributed by atoms with van der Waals surface area (Å²) in [5.41, 5.74) is -0.199. The molecule has 0 spiro atoms. The predicted octanol–water partition coefficient (Wildman–Crippen LogP) is 1.48. The SMILES string of the molecule is CCn1cnc2sc(C)c(C(=O)O)c2c1=O. The first-order chi connectivity index (χ1) is 7.56. The van der Waals surface area contributed by atoms with Crippen LogP contribution in [0.2, 0.25) is 0 Å². The van der Waals surface area contributed by atoms with E-state index < -0.39 is 5.97 Å². The molecule has 2 heterocycles. The summed E-state index contributed by atoms with van der Waals surface area (Å²) < 4.78 is 1.40. The summed E-state index contributed by atoms with van der Waals surface area (Å²) in [6.07, 6.45) is 1.45. The number of aromatic nitrogens is 2. The van der Waals surface area contributed by atoms with E-state index in [4.69, 9.17) is 5.11 Å². The third kappa shape index (κ3) is 1.42. The first-order valence-electron chi connectivity index (χ1n) is 4.78. The number of aromatic carboxylic acids is 1. The van der Waals surface area contributed by atoms with Gasteiger partial charge in [-0.2, -0.15) is 0 Å². The Labute approximate surface area is 95.0 Å². The molecule has 0 aliphatic carbocycles. The third-order valence-corrected chi connectivity index (χ3v) is 3.42. The number of aryl methyl sites for hydroxylation is 2. The van der Waals surface area contributed by atoms with Crippen molar-refractivity contribution in [1.29, 1.82) is 0 Å². The minimum Gasteiger partial charge on any atom is -0.478 e. The van der Waals surface area contributed by atoms with Crippen molar-refractivity contribution in [3.63, 3.8) is 0 Å². The van der Waals surface area contributed by atoms with Crippen LogP contribution in [0, 0.1) is 6.92 Å². The maximum Gasteiger partial charge on any atom is 0.337 e. The van der Waals surface area contributed by atoms with Crippen molar-refractivity contribution in [2.75, 3.05) is 0 Å². The molecule has 16 heavy (non-hydrogen) atoms. The molecule has 1 N–H and O–H groups in total. The van der Waals surface area contributed by atoms with Crippen molar-refractivity contribution in [3.8, 4) is 0 Å². The maximum atomic E-state index is 12.0. The highest BCUT2D eigenvalue weighted by molar-refractivity contribution is 7.19. The quantitative estimate of drug-likeness (QED) is 0.860. The van der Waals surface area contributed by atoms with E-state index >= 15 is 0 Å². The molecule has 5 nitrogen and oxygen atoms in total. The second-order valence-electron chi connectivity index (χ2n) is 3.35. The highest BCUT2D eigenvalue weighted by Crippen LogP contribution is 2.26.